The minimum Gasteiger partial charge on any atom is -0.264 e. The van der Waals surface area contributed by atoms with Gasteiger partial charge in [-0.2, -0.15) is 0 Å². The SMILES string of the molecule is C1=CC(c2cccnc2)=CC(c2cccc(-c3nc(-c4cccc(-c5cccc(-c6cccnc6)c5)c4)nc(-c4cccc(-c5cccc(-c6cccnc6)c5)c4)n3)c2)C=C1. The zero-order valence-electron chi connectivity index (χ0n) is 33.1. The fourth-order valence-corrected chi connectivity index (χ4v) is 7.73. The van der Waals surface area contributed by atoms with Crippen LogP contribution in [0.5, 0.6) is 0 Å². The van der Waals surface area contributed by atoms with E-state index in [4.69, 9.17) is 15.0 Å². The first kappa shape index (κ1) is 37.1. The number of rotatable bonds is 9. The molecule has 288 valence electrons. The van der Waals surface area contributed by atoms with E-state index in [1.165, 1.54) is 0 Å². The predicted octanol–water partition coefficient (Wildman–Crippen LogP) is 13.0. The number of hydrogen-bond donors (Lipinski definition) is 0. The summed E-state index contributed by atoms with van der Waals surface area (Å²) in [6.07, 6.45) is 21.9. The molecule has 4 heterocycles. The molecule has 5 aromatic carbocycles. The van der Waals surface area contributed by atoms with Crippen molar-refractivity contribution in [2.24, 2.45) is 0 Å². The summed E-state index contributed by atoms with van der Waals surface area (Å²) in [5.74, 6) is 1.82. The summed E-state index contributed by atoms with van der Waals surface area (Å²) in [6.45, 7) is 0. The van der Waals surface area contributed by atoms with Crippen molar-refractivity contribution in [1.29, 1.82) is 0 Å². The molecule has 0 amide bonds. The highest BCUT2D eigenvalue weighted by Crippen LogP contribution is 2.34. The van der Waals surface area contributed by atoms with E-state index in [2.05, 4.69) is 185 Å². The topological polar surface area (TPSA) is 77.3 Å². The number of aromatic nitrogens is 6. The van der Waals surface area contributed by atoms with Crippen molar-refractivity contribution in [1.82, 2.24) is 29.9 Å². The lowest BCUT2D eigenvalue weighted by molar-refractivity contribution is 1.06. The Balaban J connectivity index is 1.07. The van der Waals surface area contributed by atoms with E-state index in [0.717, 1.165) is 77.9 Å². The van der Waals surface area contributed by atoms with Gasteiger partial charge in [-0.15, -0.1) is 0 Å². The second-order valence-electron chi connectivity index (χ2n) is 14.9. The van der Waals surface area contributed by atoms with Gasteiger partial charge in [0.2, 0.25) is 0 Å². The third kappa shape index (κ3) is 8.24. The fraction of sp³-hybridized carbons (Fsp3) is 0.0182. The Morgan fingerprint density at radius 1 is 0.328 bits per heavy atom. The molecule has 0 fully saturated rings. The van der Waals surface area contributed by atoms with Crippen LogP contribution in [0.15, 0.2) is 225 Å². The van der Waals surface area contributed by atoms with Crippen LogP contribution in [0.25, 0.3) is 84.2 Å². The van der Waals surface area contributed by atoms with Crippen LogP contribution < -0.4 is 0 Å². The average molecular weight is 783 g/mol. The third-order valence-corrected chi connectivity index (χ3v) is 10.8. The lowest BCUT2D eigenvalue weighted by atomic mass is 9.93. The Kier molecular flexibility index (Phi) is 10.3. The van der Waals surface area contributed by atoms with Gasteiger partial charge < -0.3 is 0 Å². The molecule has 1 aliphatic rings. The van der Waals surface area contributed by atoms with E-state index < -0.39 is 0 Å². The Morgan fingerprint density at radius 3 is 1.16 bits per heavy atom. The lowest BCUT2D eigenvalue weighted by Gasteiger charge is -2.13. The lowest BCUT2D eigenvalue weighted by Crippen LogP contribution is -2.01. The van der Waals surface area contributed by atoms with E-state index in [1.807, 2.05) is 36.8 Å². The molecule has 1 atom stereocenters. The Bertz CT molecular complexity index is 2940. The minimum atomic E-state index is 0.0316. The highest BCUT2D eigenvalue weighted by atomic mass is 15.0. The zero-order chi connectivity index (χ0) is 40.8. The molecule has 9 aromatic rings. The van der Waals surface area contributed by atoms with Crippen LogP contribution in [0.4, 0.5) is 0 Å². The molecular weight excluding hydrogens is 745 g/mol. The normalized spacial score (nSPS) is 13.4. The van der Waals surface area contributed by atoms with Gasteiger partial charge in [0.1, 0.15) is 0 Å². The molecule has 0 aliphatic heterocycles. The van der Waals surface area contributed by atoms with E-state index in [0.29, 0.717) is 17.5 Å². The van der Waals surface area contributed by atoms with Crippen LogP contribution in [-0.2, 0) is 0 Å². The van der Waals surface area contributed by atoms with Gasteiger partial charge in [0.25, 0.3) is 0 Å². The molecule has 61 heavy (non-hydrogen) atoms. The summed E-state index contributed by atoms with van der Waals surface area (Å²) < 4.78 is 0. The largest absolute Gasteiger partial charge is 0.264 e. The summed E-state index contributed by atoms with van der Waals surface area (Å²) in [5, 5.41) is 0. The molecule has 1 aliphatic carbocycles. The zero-order valence-corrected chi connectivity index (χ0v) is 33.1. The van der Waals surface area contributed by atoms with Crippen LogP contribution >= 0.6 is 0 Å². The van der Waals surface area contributed by atoms with E-state index in [9.17, 15) is 0 Å². The van der Waals surface area contributed by atoms with E-state index >= 15 is 0 Å². The molecule has 6 nitrogen and oxygen atoms in total. The minimum absolute atomic E-state index is 0.0316. The summed E-state index contributed by atoms with van der Waals surface area (Å²) in [7, 11) is 0. The Labute approximate surface area is 355 Å². The number of allylic oxidation sites excluding steroid dienone is 6. The Hall–Kier alpha value is -8.22. The molecule has 10 rings (SSSR count). The quantitative estimate of drug-likeness (QED) is 0.145. The smallest absolute Gasteiger partial charge is 0.164 e. The van der Waals surface area contributed by atoms with Gasteiger partial charge in [-0.3, -0.25) is 15.0 Å². The summed E-state index contributed by atoms with van der Waals surface area (Å²) in [6, 6.07) is 54.6. The fourth-order valence-electron chi connectivity index (χ4n) is 7.73. The van der Waals surface area contributed by atoms with Crippen molar-refractivity contribution in [3.63, 3.8) is 0 Å². The predicted molar refractivity (Wildman–Crippen MR) is 247 cm³/mol. The van der Waals surface area contributed by atoms with Gasteiger partial charge >= 0.3 is 0 Å². The van der Waals surface area contributed by atoms with Gasteiger partial charge in [0, 0.05) is 70.9 Å². The molecule has 1 unspecified atom stereocenters. The maximum Gasteiger partial charge on any atom is 0.164 e. The van der Waals surface area contributed by atoms with Crippen molar-refractivity contribution in [2.75, 3.05) is 0 Å². The maximum atomic E-state index is 5.20. The van der Waals surface area contributed by atoms with E-state index in [1.54, 1.807) is 18.6 Å². The Morgan fingerprint density at radius 2 is 0.705 bits per heavy atom. The number of nitrogens with zero attached hydrogens (tertiary/aromatic N) is 6. The van der Waals surface area contributed by atoms with Crippen molar-refractivity contribution >= 4 is 5.57 Å². The summed E-state index contributed by atoms with van der Waals surface area (Å²) in [4.78, 5) is 28.6. The maximum absolute atomic E-state index is 5.20. The molecule has 6 heteroatoms. The highest BCUT2D eigenvalue weighted by molar-refractivity contribution is 5.79. The number of hydrogen-bond acceptors (Lipinski definition) is 6. The monoisotopic (exact) mass is 782 g/mol. The molecule has 4 aromatic heterocycles. The first-order valence-electron chi connectivity index (χ1n) is 20.3. The van der Waals surface area contributed by atoms with E-state index in [-0.39, 0.29) is 5.92 Å². The summed E-state index contributed by atoms with van der Waals surface area (Å²) >= 11 is 0. The highest BCUT2D eigenvalue weighted by Gasteiger charge is 2.17. The molecule has 0 saturated carbocycles. The van der Waals surface area contributed by atoms with Gasteiger partial charge in [-0.25, -0.2) is 15.0 Å². The van der Waals surface area contributed by atoms with Gasteiger partial charge in [-0.05, 0) is 98.6 Å². The molecule has 0 bridgehead atoms. The van der Waals surface area contributed by atoms with Crippen molar-refractivity contribution < 1.29 is 0 Å². The molecule has 0 spiro atoms. The van der Waals surface area contributed by atoms with Gasteiger partial charge in [-0.1, -0.05) is 140 Å². The number of benzene rings is 5. The van der Waals surface area contributed by atoms with Gasteiger partial charge in [0.15, 0.2) is 17.5 Å². The molecular formula is C55H38N6. The first-order valence-corrected chi connectivity index (χ1v) is 20.3. The van der Waals surface area contributed by atoms with Crippen LogP contribution in [0.3, 0.4) is 0 Å². The third-order valence-electron chi connectivity index (χ3n) is 10.8. The molecule has 0 saturated heterocycles. The number of pyridine rings is 3. The first-order chi connectivity index (χ1) is 30.2. The second-order valence-corrected chi connectivity index (χ2v) is 14.9. The van der Waals surface area contributed by atoms with Gasteiger partial charge in [0.05, 0.1) is 0 Å². The van der Waals surface area contributed by atoms with Crippen LogP contribution in [0.1, 0.15) is 17.0 Å². The standard InChI is InChI=1S/C55H38N6/c1-2-12-44(50-23-8-26-56-35-50)29-38(11-1)41-15-5-20-47(32-41)53-59-54(48-21-6-16-42(33-48)39-13-3-18-45(30-39)51-24-9-27-57-36-51)61-55(60-53)49-22-7-17-43(34-49)40-14-4-19-46(31-40)52-25-10-28-58-37-52/h1-38H. The summed E-state index contributed by atoms with van der Waals surface area (Å²) in [5.41, 5.74) is 14.7. The van der Waals surface area contributed by atoms with Crippen molar-refractivity contribution in [3.05, 3.63) is 236 Å². The van der Waals surface area contributed by atoms with Crippen LogP contribution in [-0.4, -0.2) is 29.9 Å². The molecule has 0 N–H and O–H groups in total. The second kappa shape index (κ2) is 16.9. The van der Waals surface area contributed by atoms with Crippen LogP contribution in [0, 0.1) is 0 Å². The molecule has 0 radical (unpaired) electrons. The average Bonchev–Trinajstić information content (AvgIpc) is 3.62. The van der Waals surface area contributed by atoms with Crippen molar-refractivity contribution in [3.8, 4) is 78.7 Å². The van der Waals surface area contributed by atoms with Crippen molar-refractivity contribution in [2.45, 2.75) is 5.92 Å². The van der Waals surface area contributed by atoms with Crippen LogP contribution in [0.2, 0.25) is 0 Å².